The molecule has 0 spiro atoms. The van der Waals surface area contributed by atoms with Crippen molar-refractivity contribution in [1.82, 2.24) is 88.0 Å². The second-order valence-electron chi connectivity index (χ2n) is 40.0. The molecule has 0 saturated carbocycles. The fraction of sp³-hybridized carbons (Fsp3) is 0.620. The molecule has 2 aromatic carbocycles. The van der Waals surface area contributed by atoms with Crippen LogP contribution in [-0.4, -0.2) is 323 Å². The van der Waals surface area contributed by atoms with E-state index < -0.39 is 310 Å². The van der Waals surface area contributed by atoms with Crippen LogP contribution in [0, 0.1) is 47.3 Å². The molecule has 9 heterocycles. The number of benzene rings is 2. The number of carbonyl (C=O) groups is 22. The fourth-order valence-corrected chi connectivity index (χ4v) is 24.7. The predicted molar refractivity (Wildman–Crippen MR) is 548 cm³/mol. The first-order chi connectivity index (χ1) is 70.8. The first-order valence-corrected chi connectivity index (χ1v) is 56.2. The van der Waals surface area contributed by atoms with Crippen LogP contribution < -0.4 is 68.7 Å². The van der Waals surface area contributed by atoms with E-state index in [-0.39, 0.29) is 154 Å². The van der Waals surface area contributed by atoms with Crippen LogP contribution in [0.2, 0.25) is 0 Å². The normalized spacial score (nSPS) is 26.5. The second-order valence-corrected chi connectivity index (χ2v) is 45.6. The predicted octanol–water partition coefficient (Wildman–Crippen LogP) is 1.66. The van der Waals surface area contributed by atoms with Gasteiger partial charge in [-0.15, -0.1) is 23.5 Å². The van der Waals surface area contributed by atoms with Gasteiger partial charge < -0.3 is 98.7 Å². The van der Waals surface area contributed by atoms with Crippen molar-refractivity contribution in [3.05, 3.63) is 53.1 Å². The van der Waals surface area contributed by atoms with E-state index in [1.54, 1.807) is 98.0 Å². The molecule has 4 bridgehead atoms. The molecule has 0 radical (unpaired) electrons. The Bertz CT molecular complexity index is 5480. The molecule has 19 N–H and O–H groups in total. The number of rotatable bonds is 31. The maximum Gasteiger partial charge on any atom is 0.304 e. The maximum atomic E-state index is 15.3. The summed E-state index contributed by atoms with van der Waals surface area (Å²) >= 11 is 3.20. The molecule has 49 heteroatoms. The van der Waals surface area contributed by atoms with Gasteiger partial charge in [-0.2, -0.15) is 11.8 Å². The van der Waals surface area contributed by atoms with Crippen LogP contribution in [0.4, 0.5) is 5.69 Å². The highest BCUT2D eigenvalue weighted by molar-refractivity contribution is 8.00. The molecule has 149 heavy (non-hydrogen) atoms. The van der Waals surface area contributed by atoms with Gasteiger partial charge in [-0.3, -0.25) is 125 Å². The van der Waals surface area contributed by atoms with Crippen LogP contribution in [-0.2, 0) is 129 Å². The Morgan fingerprint density at radius 3 is 1.34 bits per heavy atom. The lowest BCUT2D eigenvalue weighted by atomic mass is 9.86. The van der Waals surface area contributed by atoms with Gasteiger partial charge in [0.1, 0.15) is 30.0 Å². The average Bonchev–Trinajstić information content (AvgIpc) is 1.62. The van der Waals surface area contributed by atoms with E-state index in [0.717, 1.165) is 33.3 Å². The summed E-state index contributed by atoms with van der Waals surface area (Å²) in [5.74, 6) is -27.0. The quantitative estimate of drug-likeness (QED) is 0.0193. The Kier molecular flexibility index (Phi) is 42.8. The van der Waals surface area contributed by atoms with Crippen molar-refractivity contribution in [2.45, 2.75) is 272 Å². The molecule has 20 atom stereocenters. The van der Waals surface area contributed by atoms with Crippen LogP contribution in [0.1, 0.15) is 194 Å². The van der Waals surface area contributed by atoms with E-state index in [0.29, 0.717) is 57.8 Å². The number of hydrogen-bond donors (Lipinski definition) is 19. The summed E-state index contributed by atoms with van der Waals surface area (Å²) in [5.41, 5.74) is 2.18. The Morgan fingerprint density at radius 1 is 0.477 bits per heavy atom. The van der Waals surface area contributed by atoms with Crippen molar-refractivity contribution < 1.29 is 130 Å². The molecule has 45 nitrogen and oxygen atoms in total. The fourth-order valence-electron chi connectivity index (χ4n) is 19.7. The summed E-state index contributed by atoms with van der Waals surface area (Å²) < 4.78 is 15.3. The number of thioether (sulfide) groups is 3. The second kappa shape index (κ2) is 54.2. The molecule has 7 aliphatic heterocycles. The van der Waals surface area contributed by atoms with Gasteiger partial charge in [0.05, 0.1) is 103 Å². The number of ketones is 5. The summed E-state index contributed by atoms with van der Waals surface area (Å²) in [5, 5.41) is 78.8. The minimum Gasteiger partial charge on any atom is -0.481 e. The molecular weight excluding hydrogens is 2010 g/mol. The number of aromatic nitrogens is 2. The maximum absolute atomic E-state index is 15.3. The van der Waals surface area contributed by atoms with Crippen molar-refractivity contribution >= 4 is 200 Å². The van der Waals surface area contributed by atoms with Crippen LogP contribution >= 0.6 is 42.7 Å². The lowest BCUT2D eigenvalue weighted by Crippen LogP contribution is -2.55. The number of unbranched alkanes of at least 4 members (excludes halogenated alkanes) is 1. The van der Waals surface area contributed by atoms with Gasteiger partial charge in [-0.25, -0.2) is 0 Å². The molecule has 814 valence electrons. The Hall–Kier alpha value is -11.8. The third kappa shape index (κ3) is 31.7. The molecule has 3 saturated heterocycles. The zero-order chi connectivity index (χ0) is 109. The standard InChI is InChI=1S/C100H139N18O27PS3/c1-10-50(5)86-75(124)32-55-30-65-63-29-54(20-22-67(63)110-96(65)148-48-69(108-79(127)42-103-94(140)88(52(7)12-3)112-81(129)44-101-90(55)136)73(122)34-57(36-84(132)133)98(142)117-46-61(120)39-71(117)92(138)114-86)28-60(119)18-16-24-105-146(145,27-15-14-26-116-83(131)41-77(147-9)100(116)144)106-25-17-19-78(126)107-59-21-23-68-64(38-59)66-31-56-33-76(125)87(51(6)11-2)115-93(139)72-40-62(121)47-118(72)99(143)58(37-85(134)135)35-74(123)70(49-149-97(66)111-68)109-80(128)43-104-95(141)89(53(8)13-4)113-82(130)45-102-91(56)137/h20-23,29,38,50-53,55-58,61-62,69-72,77,86-89,110-111,120-121H,10-19,24-28,30-37,39-49H2,1-9H3,(H,101,136)(H,102,137)(H,103,140)(H,104,141)(H,107,126)(H,108,127)(H,109,128)(H,112,129)(H,113,130)(H,114,138)(H,115,139)(H,132,133)(H,134,135)(H2,105,106,145)/t50?,51?,52-,53-,55+,56+,57-,58-,61+,62+,69-,70-,71-,72-,77?,86-,87-,88-,89-,146?/m0/s1. The van der Waals surface area contributed by atoms with E-state index >= 15 is 23.7 Å². The number of H-pyrrole nitrogens is 2. The lowest BCUT2D eigenvalue weighted by Gasteiger charge is -2.31. The highest BCUT2D eigenvalue weighted by Gasteiger charge is 2.49. The molecule has 2 aromatic heterocycles. The number of imide groups is 1. The van der Waals surface area contributed by atoms with Crippen LogP contribution in [0.3, 0.4) is 0 Å². The lowest BCUT2D eigenvalue weighted by molar-refractivity contribution is -0.148. The zero-order valence-electron chi connectivity index (χ0n) is 85.2. The summed E-state index contributed by atoms with van der Waals surface area (Å²) in [6, 6.07) is -1.42. The molecule has 0 aliphatic carbocycles. The van der Waals surface area contributed by atoms with E-state index in [1.807, 2.05) is 0 Å². The average molecular weight is 2150 g/mol. The van der Waals surface area contributed by atoms with Crippen LogP contribution in [0.5, 0.6) is 0 Å². The Labute approximate surface area is 874 Å². The number of likely N-dealkylation sites (tertiary alicyclic amines) is 1. The molecule has 3 fully saturated rings. The van der Waals surface area contributed by atoms with E-state index in [9.17, 15) is 107 Å². The molecule has 11 rings (SSSR count). The first kappa shape index (κ1) is 117. The number of carboxylic acid groups (broad SMARTS) is 2. The molecule has 7 aliphatic rings. The number of anilines is 1. The number of aromatic amines is 2. The zero-order valence-corrected chi connectivity index (χ0v) is 88.5. The van der Waals surface area contributed by atoms with Gasteiger partial charge >= 0.3 is 11.9 Å². The number of Topliss-reactive ketones (excluding diaryl/α,β-unsaturated/α-hetero) is 5. The summed E-state index contributed by atoms with van der Waals surface area (Å²) in [6.07, 6.45) is -5.32. The monoisotopic (exact) mass is 2150 g/mol. The minimum atomic E-state index is -3.69. The van der Waals surface area contributed by atoms with Crippen molar-refractivity contribution in [3.63, 3.8) is 0 Å². The van der Waals surface area contributed by atoms with E-state index in [4.69, 9.17) is 0 Å². The first-order valence-electron chi connectivity index (χ1n) is 51.0. The highest BCUT2D eigenvalue weighted by atomic mass is 32.2. The molecular formula is C100H139N18O27PS3. The number of nitrogens with zero attached hydrogens (tertiary/aromatic N) is 3. The summed E-state index contributed by atoms with van der Waals surface area (Å²) in [6.45, 7) is 9.96. The minimum absolute atomic E-state index is 0.00473. The third-order valence-corrected chi connectivity index (χ3v) is 34.6. The molecule has 15 amide bonds. The number of aliphatic hydroxyl groups is 2. The Balaban J connectivity index is 0.847. The van der Waals surface area contributed by atoms with Gasteiger partial charge in [0.15, 0.2) is 23.1 Å². The van der Waals surface area contributed by atoms with Crippen molar-refractivity contribution in [3.8, 4) is 0 Å². The number of aliphatic hydroxyl groups excluding tert-OH is 2. The number of nitrogens with one attached hydrogen (secondary N) is 15. The number of carbonyl (C=O) groups excluding carboxylic acids is 20. The van der Waals surface area contributed by atoms with Crippen LogP contribution in [0.25, 0.3) is 21.8 Å². The highest BCUT2D eigenvalue weighted by Crippen LogP contribution is 2.41. The van der Waals surface area contributed by atoms with Crippen molar-refractivity contribution in [2.24, 2.45) is 47.3 Å². The Morgan fingerprint density at radius 2 is 0.899 bits per heavy atom. The SMILES string of the molecule is CCC(C)[C@@H]1NC(=O)[C@@H]2C[C@@H](O)CN2C(=O)[C@H](CC(=O)O)CC(=O)[C@@H]2CSc3[nH]c4ccc(CC(=O)CCCNP(=O)(CCCCN5C(=O)CC(SC)C5=O)NCCCC(=O)Nc5ccc6[nH]c7c(c6c5)C[C@@H]5CC(=O)[C@H](C(C)CC)NC(=O)[C@@H]6C[C@@H](O)CN6C(=O)[C@H](CC(=O)O)CC(=O)[C@H](CS7)NC(=O)CNC(=O)[C@H]([C@@H](C)CC)NC(=O)CNC5=O)cc4c3C[C@H](CC1=O)C(=O)NCC(=O)N[C@@H]([C@@H](C)CC)C(=O)NCC(=O)N2. The van der Waals surface area contributed by atoms with Gasteiger partial charge in [-0.05, 0) is 115 Å². The number of aliphatic carboxylic acids is 2. The summed E-state index contributed by atoms with van der Waals surface area (Å²) in [4.78, 5) is 322. The summed E-state index contributed by atoms with van der Waals surface area (Å²) in [7, 11) is -3.69. The number of hydrogen-bond acceptors (Lipinski definition) is 28. The van der Waals surface area contributed by atoms with Gasteiger partial charge in [0.25, 0.3) is 0 Å². The van der Waals surface area contributed by atoms with Crippen LogP contribution in [0.15, 0.2) is 46.5 Å². The molecule has 4 aromatic rings. The number of carboxylic acids is 2. The van der Waals surface area contributed by atoms with Gasteiger partial charge in [0.2, 0.25) is 96.1 Å². The topological polar surface area (TPSA) is 671 Å². The van der Waals surface area contributed by atoms with Crippen molar-refractivity contribution in [1.29, 1.82) is 0 Å². The smallest absolute Gasteiger partial charge is 0.304 e. The largest absolute Gasteiger partial charge is 0.481 e. The van der Waals surface area contributed by atoms with Crippen molar-refractivity contribution in [2.75, 3.05) is 88.1 Å². The van der Waals surface area contributed by atoms with E-state index in [2.05, 4.69) is 78.6 Å². The van der Waals surface area contributed by atoms with Gasteiger partial charge in [0, 0.05) is 154 Å². The van der Waals surface area contributed by atoms with E-state index in [1.165, 1.54) is 16.7 Å². The molecule has 4 unspecified atom stereocenters. The number of fused-ring (bicyclic) bond motifs is 10. The number of amides is 15. The van der Waals surface area contributed by atoms with Gasteiger partial charge in [-0.1, -0.05) is 87.1 Å². The third-order valence-electron chi connectivity index (χ3n) is 29.0.